The molecular weight excluding hydrogens is 354 g/mol. The first-order chi connectivity index (χ1) is 12.1. The van der Waals surface area contributed by atoms with Gasteiger partial charge in [0.1, 0.15) is 6.04 Å². The van der Waals surface area contributed by atoms with Gasteiger partial charge in [-0.1, -0.05) is 0 Å². The van der Waals surface area contributed by atoms with E-state index in [1.54, 1.807) is 16.8 Å². The van der Waals surface area contributed by atoms with E-state index in [0.717, 1.165) is 28.6 Å². The Balaban J connectivity index is 1.96. The summed E-state index contributed by atoms with van der Waals surface area (Å²) in [6.45, 7) is 5.28. The Morgan fingerprint density at radius 3 is 2.50 bits per heavy atom. The summed E-state index contributed by atoms with van der Waals surface area (Å²) >= 11 is 0. The lowest BCUT2D eigenvalue weighted by atomic mass is 9.96. The summed E-state index contributed by atoms with van der Waals surface area (Å²) in [6.07, 6.45) is 3.50. The Bertz CT molecular complexity index is 959. The smallest absolute Gasteiger partial charge is 0.245 e. The van der Waals surface area contributed by atoms with Crippen LogP contribution in [0.2, 0.25) is 0 Å². The average molecular weight is 377 g/mol. The summed E-state index contributed by atoms with van der Waals surface area (Å²) in [6, 6.07) is 2.59. The minimum absolute atomic E-state index is 0.116. The molecule has 8 heteroatoms. The molecule has 1 amide bonds. The van der Waals surface area contributed by atoms with Crippen LogP contribution in [0, 0.1) is 20.8 Å². The highest BCUT2D eigenvalue weighted by Gasteiger charge is 2.36. The fraction of sp³-hybridized carbons (Fsp3) is 0.444. The third-order valence-electron chi connectivity index (χ3n) is 4.95. The quantitative estimate of drug-likeness (QED) is 0.841. The van der Waals surface area contributed by atoms with Gasteiger partial charge in [-0.25, -0.2) is 8.42 Å². The fourth-order valence-corrected chi connectivity index (χ4v) is 4.40. The second-order valence-corrected chi connectivity index (χ2v) is 8.92. The van der Waals surface area contributed by atoms with Gasteiger partial charge < -0.3 is 10.4 Å². The lowest BCUT2D eigenvalue weighted by Gasteiger charge is -2.17. The minimum Gasteiger partial charge on any atom is -0.392 e. The number of carbonyl (C=O) groups is 1. The van der Waals surface area contributed by atoms with Crippen LogP contribution < -0.4 is 5.32 Å². The number of carbonyl (C=O) groups excluding carboxylic acids is 1. The molecule has 0 bridgehead atoms. The van der Waals surface area contributed by atoms with Gasteiger partial charge >= 0.3 is 0 Å². The number of aromatic nitrogens is 2. The van der Waals surface area contributed by atoms with Gasteiger partial charge in [0.2, 0.25) is 5.91 Å². The van der Waals surface area contributed by atoms with E-state index >= 15 is 0 Å². The molecular formula is C18H23N3O4S. The van der Waals surface area contributed by atoms with Crippen molar-refractivity contribution in [2.75, 3.05) is 6.26 Å². The SMILES string of the molecule is Cc1cc(S(C)(=O)=O)c(CO)cc1C1CC(n2cc(C)c(C)n2)C(=O)N1. The van der Waals surface area contributed by atoms with Crippen LogP contribution >= 0.6 is 0 Å². The first-order valence-corrected chi connectivity index (χ1v) is 10.3. The Hall–Kier alpha value is -2.19. The van der Waals surface area contributed by atoms with E-state index in [9.17, 15) is 18.3 Å². The minimum atomic E-state index is -3.44. The van der Waals surface area contributed by atoms with Crippen molar-refractivity contribution in [1.29, 1.82) is 0 Å². The molecule has 0 spiro atoms. The van der Waals surface area contributed by atoms with Crippen molar-refractivity contribution in [2.24, 2.45) is 0 Å². The molecule has 1 aromatic carbocycles. The van der Waals surface area contributed by atoms with Crippen LogP contribution in [0.15, 0.2) is 23.2 Å². The van der Waals surface area contributed by atoms with Crippen molar-refractivity contribution in [1.82, 2.24) is 15.1 Å². The maximum absolute atomic E-state index is 12.5. The van der Waals surface area contributed by atoms with E-state index in [-0.39, 0.29) is 23.5 Å². The molecule has 1 saturated heterocycles. The number of aryl methyl sites for hydroxylation is 3. The average Bonchev–Trinajstić information content (AvgIpc) is 3.09. The first-order valence-electron chi connectivity index (χ1n) is 8.39. The van der Waals surface area contributed by atoms with Crippen molar-refractivity contribution in [2.45, 2.75) is 50.8 Å². The second-order valence-electron chi connectivity index (χ2n) is 6.94. The van der Waals surface area contributed by atoms with E-state index in [4.69, 9.17) is 0 Å². The first kappa shape index (κ1) is 18.6. The molecule has 2 aromatic rings. The molecule has 2 heterocycles. The molecule has 2 unspecified atom stereocenters. The molecule has 1 aliphatic heterocycles. The molecule has 1 aromatic heterocycles. The number of aliphatic hydroxyl groups is 1. The monoisotopic (exact) mass is 377 g/mol. The molecule has 2 atom stereocenters. The Morgan fingerprint density at radius 2 is 1.96 bits per heavy atom. The van der Waals surface area contributed by atoms with Crippen LogP contribution in [0.25, 0.3) is 0 Å². The number of aliphatic hydroxyl groups excluding tert-OH is 1. The molecule has 1 fully saturated rings. The van der Waals surface area contributed by atoms with Crippen LogP contribution in [-0.4, -0.2) is 35.5 Å². The van der Waals surface area contributed by atoms with Gasteiger partial charge in [0.25, 0.3) is 0 Å². The maximum Gasteiger partial charge on any atom is 0.245 e. The zero-order chi connectivity index (χ0) is 19.2. The summed E-state index contributed by atoms with van der Waals surface area (Å²) in [5, 5.41) is 17.0. The summed E-state index contributed by atoms with van der Waals surface area (Å²) in [4.78, 5) is 12.6. The van der Waals surface area contributed by atoms with Gasteiger partial charge in [0.15, 0.2) is 9.84 Å². The number of benzene rings is 1. The van der Waals surface area contributed by atoms with Gasteiger partial charge in [-0.2, -0.15) is 5.10 Å². The number of nitrogens with zero attached hydrogens (tertiary/aromatic N) is 2. The number of rotatable bonds is 4. The van der Waals surface area contributed by atoms with Gasteiger partial charge in [0.05, 0.1) is 23.2 Å². The largest absolute Gasteiger partial charge is 0.392 e. The molecule has 0 aliphatic carbocycles. The highest BCUT2D eigenvalue weighted by Crippen LogP contribution is 2.34. The lowest BCUT2D eigenvalue weighted by Crippen LogP contribution is -2.24. The molecule has 1 aliphatic rings. The normalized spacial score (nSPS) is 20.4. The molecule has 0 radical (unpaired) electrons. The summed E-state index contributed by atoms with van der Waals surface area (Å²) < 4.78 is 25.5. The zero-order valence-corrected chi connectivity index (χ0v) is 16.1. The van der Waals surface area contributed by atoms with Gasteiger partial charge in [0, 0.05) is 18.9 Å². The highest BCUT2D eigenvalue weighted by molar-refractivity contribution is 7.90. The second kappa shape index (κ2) is 6.51. The van der Waals surface area contributed by atoms with Crippen LogP contribution in [0.1, 0.15) is 46.5 Å². The number of sulfone groups is 1. The van der Waals surface area contributed by atoms with Crippen molar-refractivity contribution in [3.05, 3.63) is 46.3 Å². The Morgan fingerprint density at radius 1 is 1.27 bits per heavy atom. The Kier molecular flexibility index (Phi) is 4.66. The van der Waals surface area contributed by atoms with Crippen LogP contribution in [0.5, 0.6) is 0 Å². The molecule has 2 N–H and O–H groups in total. The van der Waals surface area contributed by atoms with Crippen LogP contribution in [0.4, 0.5) is 0 Å². The lowest BCUT2D eigenvalue weighted by molar-refractivity contribution is -0.122. The third-order valence-corrected chi connectivity index (χ3v) is 6.13. The van der Waals surface area contributed by atoms with E-state index in [1.165, 1.54) is 0 Å². The fourth-order valence-electron chi connectivity index (χ4n) is 3.41. The number of hydrogen-bond acceptors (Lipinski definition) is 5. The summed E-state index contributed by atoms with van der Waals surface area (Å²) in [7, 11) is -3.44. The third kappa shape index (κ3) is 3.26. The van der Waals surface area contributed by atoms with Crippen LogP contribution in [-0.2, 0) is 21.2 Å². The van der Waals surface area contributed by atoms with Gasteiger partial charge in [-0.05, 0) is 55.2 Å². The van der Waals surface area contributed by atoms with Crippen molar-refractivity contribution in [3.8, 4) is 0 Å². The van der Waals surface area contributed by atoms with Gasteiger partial charge in [-0.15, -0.1) is 0 Å². The molecule has 3 rings (SSSR count). The number of hydrogen-bond donors (Lipinski definition) is 2. The van der Waals surface area contributed by atoms with Crippen LogP contribution in [0.3, 0.4) is 0 Å². The van der Waals surface area contributed by atoms with Gasteiger partial charge in [-0.3, -0.25) is 9.48 Å². The summed E-state index contributed by atoms with van der Waals surface area (Å²) in [5.74, 6) is -0.116. The predicted octanol–water partition coefficient (Wildman–Crippen LogP) is 1.51. The Labute approximate surface area is 153 Å². The van der Waals surface area contributed by atoms with E-state index < -0.39 is 15.9 Å². The van der Waals surface area contributed by atoms with Crippen molar-refractivity contribution in [3.63, 3.8) is 0 Å². The molecule has 26 heavy (non-hydrogen) atoms. The maximum atomic E-state index is 12.5. The topological polar surface area (TPSA) is 101 Å². The van der Waals surface area contributed by atoms with Crippen molar-refractivity contribution >= 4 is 15.7 Å². The molecule has 7 nitrogen and oxygen atoms in total. The molecule has 0 saturated carbocycles. The zero-order valence-electron chi connectivity index (χ0n) is 15.3. The van der Waals surface area contributed by atoms with E-state index in [0.29, 0.717) is 12.0 Å². The number of amides is 1. The van der Waals surface area contributed by atoms with E-state index in [2.05, 4.69) is 10.4 Å². The highest BCUT2D eigenvalue weighted by atomic mass is 32.2. The van der Waals surface area contributed by atoms with E-state index in [1.807, 2.05) is 27.0 Å². The number of nitrogens with one attached hydrogen (secondary N) is 1. The standard InChI is InChI=1S/C18H23N3O4S/c1-10-5-17(26(4,24)25)13(9-22)6-14(10)15-7-16(18(23)19-15)21-8-11(2)12(3)20-21/h5-6,8,15-16,22H,7,9H2,1-4H3,(H,19,23). The van der Waals surface area contributed by atoms with Crippen molar-refractivity contribution < 1.29 is 18.3 Å². The summed E-state index contributed by atoms with van der Waals surface area (Å²) in [5.41, 5.74) is 3.84. The molecule has 140 valence electrons. The predicted molar refractivity (Wildman–Crippen MR) is 96.5 cm³/mol.